The lowest BCUT2D eigenvalue weighted by molar-refractivity contribution is 0.248. The molecular formula is C8H13NO2. The standard InChI is InChI=1S/C8H13NO2/c1-7(6-10)9-5-8-3-2-4-11-8/h2-4,7,9-10H,5-6H2,1H3/t7-/m0/s1. The van der Waals surface area contributed by atoms with Gasteiger partial charge in [0.05, 0.1) is 19.4 Å². The number of aliphatic hydroxyl groups excluding tert-OH is 1. The second-order valence-corrected chi connectivity index (χ2v) is 2.54. The molecule has 0 bridgehead atoms. The molecule has 2 N–H and O–H groups in total. The SMILES string of the molecule is C[C@@H](CO)NCc1ccco1. The number of hydrogen-bond acceptors (Lipinski definition) is 3. The second kappa shape index (κ2) is 4.16. The third kappa shape index (κ3) is 2.74. The van der Waals surface area contributed by atoms with Gasteiger partial charge < -0.3 is 14.8 Å². The molecule has 0 unspecified atom stereocenters. The van der Waals surface area contributed by atoms with Gasteiger partial charge in [-0.05, 0) is 19.1 Å². The molecule has 0 aliphatic heterocycles. The van der Waals surface area contributed by atoms with E-state index < -0.39 is 0 Å². The summed E-state index contributed by atoms with van der Waals surface area (Å²) in [5.74, 6) is 0.894. The lowest BCUT2D eigenvalue weighted by atomic mass is 10.3. The molecule has 0 aromatic carbocycles. The number of hydrogen-bond donors (Lipinski definition) is 2. The van der Waals surface area contributed by atoms with E-state index in [0.29, 0.717) is 6.54 Å². The predicted molar refractivity (Wildman–Crippen MR) is 42.1 cm³/mol. The average molecular weight is 155 g/mol. The third-order valence-corrected chi connectivity index (χ3v) is 1.48. The van der Waals surface area contributed by atoms with Crippen molar-refractivity contribution in [1.82, 2.24) is 5.32 Å². The highest BCUT2D eigenvalue weighted by atomic mass is 16.3. The Balaban J connectivity index is 2.23. The quantitative estimate of drug-likeness (QED) is 0.674. The molecule has 0 saturated carbocycles. The van der Waals surface area contributed by atoms with Crippen LogP contribution in [0.4, 0.5) is 0 Å². The first kappa shape index (κ1) is 8.30. The van der Waals surface area contributed by atoms with Crippen LogP contribution in [0, 0.1) is 0 Å². The number of furan rings is 1. The molecule has 1 rings (SSSR count). The maximum Gasteiger partial charge on any atom is 0.117 e. The van der Waals surface area contributed by atoms with Gasteiger partial charge in [0.15, 0.2) is 0 Å². The Morgan fingerprint density at radius 3 is 3.09 bits per heavy atom. The first-order chi connectivity index (χ1) is 5.33. The van der Waals surface area contributed by atoms with E-state index in [-0.39, 0.29) is 12.6 Å². The Morgan fingerprint density at radius 1 is 1.73 bits per heavy atom. The summed E-state index contributed by atoms with van der Waals surface area (Å²) in [6, 6.07) is 3.87. The van der Waals surface area contributed by atoms with E-state index in [1.165, 1.54) is 0 Å². The zero-order valence-electron chi connectivity index (χ0n) is 6.58. The molecule has 0 amide bonds. The molecule has 3 nitrogen and oxygen atoms in total. The van der Waals surface area contributed by atoms with Crippen LogP contribution in [0.15, 0.2) is 22.8 Å². The van der Waals surface area contributed by atoms with Crippen LogP contribution in [0.25, 0.3) is 0 Å². The first-order valence-electron chi connectivity index (χ1n) is 3.69. The van der Waals surface area contributed by atoms with Gasteiger partial charge in [0.2, 0.25) is 0 Å². The van der Waals surface area contributed by atoms with Gasteiger partial charge in [0.25, 0.3) is 0 Å². The molecule has 0 saturated heterocycles. The second-order valence-electron chi connectivity index (χ2n) is 2.54. The minimum Gasteiger partial charge on any atom is -0.468 e. The minimum atomic E-state index is 0.125. The first-order valence-corrected chi connectivity index (χ1v) is 3.69. The maximum absolute atomic E-state index is 8.67. The van der Waals surface area contributed by atoms with Crippen LogP contribution < -0.4 is 5.32 Å². The molecule has 62 valence electrons. The Hall–Kier alpha value is -0.800. The molecule has 0 spiro atoms. The molecule has 3 heteroatoms. The van der Waals surface area contributed by atoms with Gasteiger partial charge in [-0.1, -0.05) is 0 Å². The molecular weight excluding hydrogens is 142 g/mol. The van der Waals surface area contributed by atoms with E-state index in [9.17, 15) is 0 Å². The van der Waals surface area contributed by atoms with Crippen molar-refractivity contribution in [2.75, 3.05) is 6.61 Å². The fourth-order valence-corrected chi connectivity index (χ4v) is 0.753. The topological polar surface area (TPSA) is 45.4 Å². The van der Waals surface area contributed by atoms with Crippen LogP contribution in [0.5, 0.6) is 0 Å². The van der Waals surface area contributed by atoms with Gasteiger partial charge in [0, 0.05) is 6.04 Å². The van der Waals surface area contributed by atoms with Crippen molar-refractivity contribution in [3.05, 3.63) is 24.2 Å². The van der Waals surface area contributed by atoms with E-state index >= 15 is 0 Å². The van der Waals surface area contributed by atoms with Crippen molar-refractivity contribution in [3.8, 4) is 0 Å². The lowest BCUT2D eigenvalue weighted by Gasteiger charge is -2.07. The van der Waals surface area contributed by atoms with Crippen molar-refractivity contribution in [3.63, 3.8) is 0 Å². The highest BCUT2D eigenvalue weighted by molar-refractivity contribution is 4.97. The zero-order valence-corrected chi connectivity index (χ0v) is 6.58. The monoisotopic (exact) mass is 155 g/mol. The number of aliphatic hydroxyl groups is 1. The van der Waals surface area contributed by atoms with Crippen molar-refractivity contribution >= 4 is 0 Å². The number of rotatable bonds is 4. The normalized spacial score (nSPS) is 13.3. The third-order valence-electron chi connectivity index (χ3n) is 1.48. The molecule has 0 fully saturated rings. The van der Waals surface area contributed by atoms with E-state index in [2.05, 4.69) is 5.32 Å². The van der Waals surface area contributed by atoms with Crippen LogP contribution in [0.1, 0.15) is 12.7 Å². The summed E-state index contributed by atoms with van der Waals surface area (Å²) in [6.45, 7) is 2.75. The van der Waals surface area contributed by atoms with Crippen LogP contribution in [-0.2, 0) is 6.54 Å². The van der Waals surface area contributed by atoms with E-state index in [4.69, 9.17) is 9.52 Å². The Bertz CT molecular complexity index is 184. The summed E-state index contributed by atoms with van der Waals surface area (Å²) in [4.78, 5) is 0. The van der Waals surface area contributed by atoms with E-state index in [1.54, 1.807) is 6.26 Å². The van der Waals surface area contributed by atoms with E-state index in [1.807, 2.05) is 19.1 Å². The molecule has 0 radical (unpaired) electrons. The molecule has 1 aromatic rings. The van der Waals surface area contributed by atoms with Crippen LogP contribution >= 0.6 is 0 Å². The van der Waals surface area contributed by atoms with E-state index in [0.717, 1.165) is 5.76 Å². The van der Waals surface area contributed by atoms with Gasteiger partial charge in [0.1, 0.15) is 5.76 Å². The Morgan fingerprint density at radius 2 is 2.55 bits per heavy atom. The van der Waals surface area contributed by atoms with Crippen LogP contribution in [0.2, 0.25) is 0 Å². The van der Waals surface area contributed by atoms with Crippen LogP contribution in [0.3, 0.4) is 0 Å². The fourth-order valence-electron chi connectivity index (χ4n) is 0.753. The van der Waals surface area contributed by atoms with Gasteiger partial charge in [-0.25, -0.2) is 0 Å². The summed E-state index contributed by atoms with van der Waals surface area (Å²) in [7, 11) is 0. The fraction of sp³-hybridized carbons (Fsp3) is 0.500. The van der Waals surface area contributed by atoms with Gasteiger partial charge in [-0.3, -0.25) is 0 Å². The van der Waals surface area contributed by atoms with Crippen LogP contribution in [-0.4, -0.2) is 17.8 Å². The van der Waals surface area contributed by atoms with Gasteiger partial charge in [-0.15, -0.1) is 0 Å². The molecule has 1 aromatic heterocycles. The predicted octanol–water partition coefficient (Wildman–Crippen LogP) is 0.750. The summed E-state index contributed by atoms with van der Waals surface area (Å²) in [5.41, 5.74) is 0. The molecule has 1 atom stereocenters. The molecule has 11 heavy (non-hydrogen) atoms. The average Bonchev–Trinajstić information content (AvgIpc) is 2.52. The highest BCUT2D eigenvalue weighted by Crippen LogP contribution is 1.98. The van der Waals surface area contributed by atoms with Crippen molar-refractivity contribution in [2.24, 2.45) is 0 Å². The van der Waals surface area contributed by atoms with Crippen molar-refractivity contribution in [2.45, 2.75) is 19.5 Å². The summed E-state index contributed by atoms with van der Waals surface area (Å²) < 4.78 is 5.08. The smallest absolute Gasteiger partial charge is 0.117 e. The Labute approximate surface area is 66.0 Å². The van der Waals surface area contributed by atoms with Gasteiger partial charge >= 0.3 is 0 Å². The Kier molecular flexibility index (Phi) is 3.14. The number of nitrogens with one attached hydrogen (secondary N) is 1. The summed E-state index contributed by atoms with van der Waals surface area (Å²) in [6.07, 6.45) is 1.64. The van der Waals surface area contributed by atoms with Gasteiger partial charge in [-0.2, -0.15) is 0 Å². The zero-order chi connectivity index (χ0) is 8.10. The molecule has 0 aliphatic carbocycles. The summed E-state index contributed by atoms with van der Waals surface area (Å²) in [5, 5.41) is 11.8. The minimum absolute atomic E-state index is 0.125. The van der Waals surface area contributed by atoms with Crippen molar-refractivity contribution < 1.29 is 9.52 Å². The van der Waals surface area contributed by atoms with Crippen molar-refractivity contribution in [1.29, 1.82) is 0 Å². The highest BCUT2D eigenvalue weighted by Gasteiger charge is 1.99. The molecule has 0 aliphatic rings. The largest absolute Gasteiger partial charge is 0.468 e. The lowest BCUT2D eigenvalue weighted by Crippen LogP contribution is -2.28. The summed E-state index contributed by atoms with van der Waals surface area (Å²) >= 11 is 0. The molecule has 1 heterocycles. The maximum atomic E-state index is 8.67.